The van der Waals surface area contributed by atoms with Gasteiger partial charge in [0.2, 0.25) is 0 Å². The quantitative estimate of drug-likeness (QED) is 0.582. The molecule has 1 spiro atoms. The Balaban J connectivity index is 1.39. The summed E-state index contributed by atoms with van der Waals surface area (Å²) in [5, 5.41) is 0. The number of hydrogen-bond donors (Lipinski definition) is 0. The van der Waals surface area contributed by atoms with Crippen LogP contribution in [0.4, 0.5) is 0 Å². The average Bonchev–Trinajstić information content (AvgIpc) is 3.12. The number of benzene rings is 1. The van der Waals surface area contributed by atoms with Crippen LogP contribution in [0.15, 0.2) is 45.2 Å². The average molecular weight is 499 g/mol. The van der Waals surface area contributed by atoms with Crippen LogP contribution in [0.25, 0.3) is 0 Å². The zero-order valence-corrected chi connectivity index (χ0v) is 20.2. The fraction of sp³-hybridized carbons (Fsp3) is 0.619. The summed E-state index contributed by atoms with van der Waals surface area (Å²) in [6.07, 6.45) is 3.52. The van der Waals surface area contributed by atoms with Gasteiger partial charge < -0.3 is 18.8 Å². The molecule has 4 rings (SSSR count). The maximum atomic E-state index is 12.7. The monoisotopic (exact) mass is 498 g/mol. The molecule has 0 radical (unpaired) electrons. The topological polar surface area (TPSA) is 71.1 Å². The van der Waals surface area contributed by atoms with E-state index in [1.165, 1.54) is 0 Å². The predicted molar refractivity (Wildman–Crippen MR) is 118 cm³/mol. The lowest BCUT2D eigenvalue weighted by atomic mass is 9.71. The summed E-state index contributed by atoms with van der Waals surface area (Å²) >= 11 is 3.33. The highest BCUT2D eigenvalue weighted by molar-refractivity contribution is 9.10. The van der Waals surface area contributed by atoms with Gasteiger partial charge in [0.05, 0.1) is 34.6 Å². The van der Waals surface area contributed by atoms with Crippen molar-refractivity contribution in [1.82, 2.24) is 0 Å². The van der Waals surface area contributed by atoms with Crippen molar-refractivity contribution in [1.29, 1.82) is 0 Å². The molecule has 30 heavy (non-hydrogen) atoms. The Bertz CT molecular complexity index is 927. The van der Waals surface area contributed by atoms with Gasteiger partial charge in [-0.1, -0.05) is 22.0 Å². The molecule has 2 aliphatic heterocycles. The maximum Gasteiger partial charge on any atom is 0.490 e. The summed E-state index contributed by atoms with van der Waals surface area (Å²) < 4.78 is 50.7. The van der Waals surface area contributed by atoms with E-state index in [0.717, 1.165) is 16.4 Å². The first-order valence-electron chi connectivity index (χ1n) is 10.3. The third-order valence-corrected chi connectivity index (χ3v) is 8.85. The van der Waals surface area contributed by atoms with Gasteiger partial charge in [-0.3, -0.25) is 0 Å². The fourth-order valence-corrected chi connectivity index (χ4v) is 5.62. The molecule has 0 aromatic heterocycles. The van der Waals surface area contributed by atoms with Gasteiger partial charge in [-0.2, -0.15) is 0 Å². The van der Waals surface area contributed by atoms with Crippen molar-refractivity contribution in [2.75, 3.05) is 12.4 Å². The third-order valence-electron chi connectivity index (χ3n) is 6.52. The minimum Gasteiger partial charge on any atom is -0.400 e. The van der Waals surface area contributed by atoms with Crippen LogP contribution >= 0.6 is 15.9 Å². The molecule has 9 heteroatoms. The lowest BCUT2D eigenvalue weighted by Gasteiger charge is -2.32. The van der Waals surface area contributed by atoms with Gasteiger partial charge in [-0.05, 0) is 63.9 Å². The van der Waals surface area contributed by atoms with Crippen molar-refractivity contribution < 1.29 is 27.2 Å². The number of rotatable bonds is 4. The predicted octanol–water partition coefficient (Wildman–Crippen LogP) is 4.08. The van der Waals surface area contributed by atoms with Gasteiger partial charge in [0.25, 0.3) is 0 Å². The molecule has 1 aliphatic carbocycles. The maximum absolute atomic E-state index is 12.7. The number of sulfone groups is 1. The summed E-state index contributed by atoms with van der Waals surface area (Å²) in [5.74, 6) is -0.850. The van der Waals surface area contributed by atoms with E-state index in [2.05, 4.69) is 22.0 Å². The van der Waals surface area contributed by atoms with E-state index in [-0.39, 0.29) is 30.7 Å². The molecule has 2 atom stereocenters. The molecule has 0 saturated carbocycles. The van der Waals surface area contributed by atoms with Crippen LogP contribution in [0.3, 0.4) is 0 Å². The van der Waals surface area contributed by atoms with E-state index in [1.54, 1.807) is 24.3 Å². The molecule has 2 fully saturated rings. The molecular weight excluding hydrogens is 471 g/mol. The molecular formula is C21H28BBrO6S. The molecule has 164 valence electrons. The molecule has 6 nitrogen and oxygen atoms in total. The summed E-state index contributed by atoms with van der Waals surface area (Å²) in [5.41, 5.74) is 0.346. The molecule has 0 bridgehead atoms. The fourth-order valence-electron chi connectivity index (χ4n) is 3.95. The lowest BCUT2D eigenvalue weighted by Crippen LogP contribution is -2.41. The van der Waals surface area contributed by atoms with Crippen LogP contribution in [-0.4, -0.2) is 51.0 Å². The van der Waals surface area contributed by atoms with Crippen molar-refractivity contribution in [3.05, 3.63) is 40.3 Å². The van der Waals surface area contributed by atoms with Gasteiger partial charge in [0.15, 0.2) is 15.6 Å². The first-order valence-corrected chi connectivity index (χ1v) is 12.7. The molecule has 2 unspecified atom stereocenters. The highest BCUT2D eigenvalue weighted by Gasteiger charge is 2.53. The van der Waals surface area contributed by atoms with Gasteiger partial charge in [0.1, 0.15) is 0 Å². The Morgan fingerprint density at radius 3 is 2.30 bits per heavy atom. The zero-order chi connectivity index (χ0) is 21.8. The van der Waals surface area contributed by atoms with Crippen LogP contribution in [-0.2, 0) is 28.6 Å². The summed E-state index contributed by atoms with van der Waals surface area (Å²) in [4.78, 5) is 0.293. The highest BCUT2D eigenvalue weighted by Crippen LogP contribution is 2.43. The SMILES string of the molecule is CC1(C)OB(C2=CCC3(CC2)OCC(CS(=O)(=O)c2ccc(Br)cc2)O3)OC1(C)C. The van der Waals surface area contributed by atoms with Crippen LogP contribution in [0.2, 0.25) is 0 Å². The van der Waals surface area contributed by atoms with Crippen LogP contribution in [0, 0.1) is 0 Å². The van der Waals surface area contributed by atoms with E-state index in [1.807, 2.05) is 27.7 Å². The Kier molecular flexibility index (Phi) is 5.78. The minimum atomic E-state index is -3.45. The van der Waals surface area contributed by atoms with Crippen molar-refractivity contribution in [3.63, 3.8) is 0 Å². The second-order valence-electron chi connectivity index (χ2n) is 9.27. The highest BCUT2D eigenvalue weighted by atomic mass is 79.9. The van der Waals surface area contributed by atoms with Gasteiger partial charge in [-0.15, -0.1) is 0 Å². The van der Waals surface area contributed by atoms with Crippen molar-refractivity contribution in [2.24, 2.45) is 0 Å². The largest absolute Gasteiger partial charge is 0.490 e. The Morgan fingerprint density at radius 2 is 1.73 bits per heavy atom. The third kappa shape index (κ3) is 4.29. The lowest BCUT2D eigenvalue weighted by molar-refractivity contribution is -0.170. The van der Waals surface area contributed by atoms with Gasteiger partial charge in [-0.25, -0.2) is 8.42 Å². The van der Waals surface area contributed by atoms with Crippen LogP contribution in [0.5, 0.6) is 0 Å². The second kappa shape index (κ2) is 7.71. The molecule has 3 aliphatic rings. The van der Waals surface area contributed by atoms with E-state index in [4.69, 9.17) is 18.8 Å². The molecule has 0 amide bonds. The van der Waals surface area contributed by atoms with Crippen molar-refractivity contribution >= 4 is 32.9 Å². The smallest absolute Gasteiger partial charge is 0.400 e. The summed E-state index contributed by atoms with van der Waals surface area (Å²) in [6.45, 7) is 8.43. The molecule has 2 heterocycles. The standard InChI is InChI=1S/C21H28BBrO6S/c1-19(2)20(3,4)29-22(28-19)15-9-11-21(12-10-15)26-13-17(27-21)14-30(24,25)18-7-5-16(23)6-8-18/h5-9,17H,10-14H2,1-4H3. The Labute approximate surface area is 187 Å². The zero-order valence-electron chi connectivity index (χ0n) is 17.8. The second-order valence-corrected chi connectivity index (χ2v) is 12.2. The summed E-state index contributed by atoms with van der Waals surface area (Å²) in [6, 6.07) is 6.66. The normalized spacial score (nSPS) is 30.6. The van der Waals surface area contributed by atoms with E-state index >= 15 is 0 Å². The Hall–Kier alpha value is -0.705. The van der Waals surface area contributed by atoms with Crippen molar-refractivity contribution in [3.8, 4) is 0 Å². The molecule has 1 aromatic carbocycles. The number of hydrogen-bond acceptors (Lipinski definition) is 6. The molecule has 2 saturated heterocycles. The number of ether oxygens (including phenoxy) is 2. The molecule has 0 N–H and O–H groups in total. The van der Waals surface area contributed by atoms with Crippen molar-refractivity contribution in [2.45, 2.75) is 74.9 Å². The number of halogens is 1. The van der Waals surface area contributed by atoms with Crippen LogP contribution < -0.4 is 0 Å². The van der Waals surface area contributed by atoms with E-state index < -0.39 is 21.7 Å². The molecule has 1 aromatic rings. The van der Waals surface area contributed by atoms with Gasteiger partial charge >= 0.3 is 7.12 Å². The number of allylic oxidation sites excluding steroid dienone is 1. The first-order chi connectivity index (χ1) is 13.9. The Morgan fingerprint density at radius 1 is 1.10 bits per heavy atom. The first kappa shape index (κ1) is 22.5. The van der Waals surface area contributed by atoms with Crippen LogP contribution in [0.1, 0.15) is 47.0 Å². The summed E-state index contributed by atoms with van der Waals surface area (Å²) in [7, 11) is -3.81. The van der Waals surface area contributed by atoms with Gasteiger partial charge in [0, 0.05) is 17.3 Å². The minimum absolute atomic E-state index is 0.0931. The van der Waals surface area contributed by atoms with E-state index in [9.17, 15) is 8.42 Å². The van der Waals surface area contributed by atoms with E-state index in [0.29, 0.717) is 17.7 Å².